The van der Waals surface area contributed by atoms with Crippen LogP contribution >= 0.6 is 11.6 Å². The van der Waals surface area contributed by atoms with Crippen molar-refractivity contribution in [2.75, 3.05) is 26.5 Å². The van der Waals surface area contributed by atoms with Crippen molar-refractivity contribution >= 4 is 33.5 Å². The first-order valence-corrected chi connectivity index (χ1v) is 13.0. The van der Waals surface area contributed by atoms with E-state index in [-0.39, 0.29) is 12.3 Å². The van der Waals surface area contributed by atoms with E-state index in [1.807, 2.05) is 24.3 Å². The number of rotatable bonds is 7. The maximum Gasteiger partial charge on any atom is 0.328 e. The molecule has 0 aromatic heterocycles. The Labute approximate surface area is 200 Å². The van der Waals surface area contributed by atoms with E-state index in [1.54, 1.807) is 25.1 Å². The number of ether oxygens (including phenoxy) is 1. The number of aryl methyl sites for hydroxylation is 1. The minimum Gasteiger partial charge on any atom is -0.467 e. The third-order valence-corrected chi connectivity index (χ3v) is 7.67. The quantitative estimate of drug-likeness (QED) is 0.598. The summed E-state index contributed by atoms with van der Waals surface area (Å²) in [4.78, 5) is 25.2. The minimum absolute atomic E-state index is 0.273. The summed E-state index contributed by atoms with van der Waals surface area (Å²) in [5, 5.41) is 3.07. The van der Waals surface area contributed by atoms with Gasteiger partial charge in [-0.15, -0.1) is 0 Å². The molecule has 1 aliphatic rings. The Hall–Kier alpha value is -2.42. The molecular weight excluding hydrogens is 464 g/mol. The molecule has 1 atom stereocenters. The van der Waals surface area contributed by atoms with Crippen LogP contribution in [0.5, 0.6) is 0 Å². The third kappa shape index (κ3) is 6.34. The van der Waals surface area contributed by atoms with Gasteiger partial charge in [0.25, 0.3) is 5.91 Å². The van der Waals surface area contributed by atoms with E-state index < -0.39 is 27.9 Å². The predicted molar refractivity (Wildman–Crippen MR) is 128 cm³/mol. The highest BCUT2D eigenvalue weighted by Gasteiger charge is 2.27. The minimum atomic E-state index is -3.15. The zero-order valence-corrected chi connectivity index (χ0v) is 20.6. The number of benzene rings is 2. The maximum absolute atomic E-state index is 12.8. The Morgan fingerprint density at radius 3 is 2.33 bits per heavy atom. The highest BCUT2D eigenvalue weighted by molar-refractivity contribution is 7.88. The lowest BCUT2D eigenvalue weighted by Gasteiger charge is -2.30. The standard InChI is InChI=1S/C24H29ClN2O5S/c1-16-5-4-6-20(25)22(16)23(28)26-21(24(29)32-2)15-17-7-9-18(10-8-17)19-11-13-27(14-12-19)33(3,30)31/h4-10,19,21H,11-15H2,1-3H3,(H,26,28)/t21-/m0/s1. The molecule has 1 saturated heterocycles. The normalized spacial score (nSPS) is 16.2. The molecular formula is C24H29ClN2O5S. The second-order valence-corrected chi connectivity index (χ2v) is 10.8. The molecule has 2 aromatic rings. The molecule has 0 saturated carbocycles. The van der Waals surface area contributed by atoms with Crippen molar-refractivity contribution in [2.45, 2.75) is 38.1 Å². The third-order valence-electron chi connectivity index (χ3n) is 6.05. The first kappa shape index (κ1) is 25.2. The number of hydrogen-bond acceptors (Lipinski definition) is 5. The number of piperidine rings is 1. The number of carbonyl (C=O) groups excluding carboxylic acids is 2. The highest BCUT2D eigenvalue weighted by Crippen LogP contribution is 2.29. The van der Waals surface area contributed by atoms with Crippen molar-refractivity contribution in [1.29, 1.82) is 0 Å². The topological polar surface area (TPSA) is 92.8 Å². The van der Waals surface area contributed by atoms with Crippen LogP contribution in [0.1, 0.15) is 45.8 Å². The highest BCUT2D eigenvalue weighted by atomic mass is 35.5. The summed E-state index contributed by atoms with van der Waals surface area (Å²) in [7, 11) is -1.87. The van der Waals surface area contributed by atoms with Gasteiger partial charge in [-0.3, -0.25) is 4.79 Å². The van der Waals surface area contributed by atoms with Gasteiger partial charge in [-0.1, -0.05) is 48.0 Å². The Morgan fingerprint density at radius 2 is 1.79 bits per heavy atom. The van der Waals surface area contributed by atoms with Gasteiger partial charge in [0.1, 0.15) is 6.04 Å². The molecule has 9 heteroatoms. The van der Waals surface area contributed by atoms with Gasteiger partial charge in [0, 0.05) is 19.5 Å². The van der Waals surface area contributed by atoms with E-state index in [4.69, 9.17) is 16.3 Å². The molecule has 33 heavy (non-hydrogen) atoms. The average molecular weight is 493 g/mol. The first-order chi connectivity index (χ1) is 15.6. The molecule has 1 heterocycles. The summed E-state index contributed by atoms with van der Waals surface area (Å²) >= 11 is 6.19. The largest absolute Gasteiger partial charge is 0.467 e. The van der Waals surface area contributed by atoms with Crippen molar-refractivity contribution in [3.8, 4) is 0 Å². The number of amides is 1. The van der Waals surface area contributed by atoms with Gasteiger partial charge in [0.05, 0.1) is 24.0 Å². The second-order valence-electron chi connectivity index (χ2n) is 8.36. The SMILES string of the molecule is COC(=O)[C@H](Cc1ccc(C2CCN(S(C)(=O)=O)CC2)cc1)NC(=O)c1c(C)cccc1Cl. The molecule has 1 N–H and O–H groups in total. The van der Waals surface area contributed by atoms with E-state index in [0.29, 0.717) is 23.7 Å². The Kier molecular flexibility index (Phi) is 8.15. The van der Waals surface area contributed by atoms with E-state index >= 15 is 0 Å². The summed E-state index contributed by atoms with van der Waals surface area (Å²) in [6, 6.07) is 12.2. The number of hydrogen-bond donors (Lipinski definition) is 1. The van der Waals surface area contributed by atoms with Gasteiger partial charge >= 0.3 is 5.97 Å². The molecule has 0 unspecified atom stereocenters. The fraction of sp³-hybridized carbons (Fsp3) is 0.417. The molecule has 1 amide bonds. The number of sulfonamides is 1. The number of nitrogens with zero attached hydrogens (tertiary/aromatic N) is 1. The van der Waals surface area contributed by atoms with Crippen LogP contribution in [0.15, 0.2) is 42.5 Å². The lowest BCUT2D eigenvalue weighted by Crippen LogP contribution is -2.43. The lowest BCUT2D eigenvalue weighted by molar-refractivity contribution is -0.142. The van der Waals surface area contributed by atoms with Gasteiger partial charge in [0.2, 0.25) is 10.0 Å². The van der Waals surface area contributed by atoms with Gasteiger partial charge in [-0.25, -0.2) is 17.5 Å². The van der Waals surface area contributed by atoms with Gasteiger partial charge < -0.3 is 10.1 Å². The van der Waals surface area contributed by atoms with Gasteiger partial charge in [-0.05, 0) is 48.4 Å². The molecule has 0 spiro atoms. The van der Waals surface area contributed by atoms with Crippen LogP contribution in [-0.4, -0.2) is 57.1 Å². The molecule has 0 radical (unpaired) electrons. The zero-order chi connectivity index (χ0) is 24.2. The predicted octanol–water partition coefficient (Wildman–Crippen LogP) is 3.30. The van der Waals surface area contributed by atoms with Crippen molar-refractivity contribution in [3.63, 3.8) is 0 Å². The van der Waals surface area contributed by atoms with Crippen LogP contribution in [0.4, 0.5) is 0 Å². The van der Waals surface area contributed by atoms with E-state index in [0.717, 1.165) is 29.5 Å². The van der Waals surface area contributed by atoms with Crippen molar-refractivity contribution in [2.24, 2.45) is 0 Å². The van der Waals surface area contributed by atoms with Crippen molar-refractivity contribution in [3.05, 3.63) is 69.7 Å². The molecule has 1 fully saturated rings. The molecule has 0 aliphatic carbocycles. The van der Waals surface area contributed by atoms with Crippen LogP contribution in [0.25, 0.3) is 0 Å². The van der Waals surface area contributed by atoms with Crippen LogP contribution in [-0.2, 0) is 26.0 Å². The van der Waals surface area contributed by atoms with Crippen molar-refractivity contribution < 1.29 is 22.7 Å². The average Bonchev–Trinajstić information content (AvgIpc) is 2.78. The van der Waals surface area contributed by atoms with Gasteiger partial charge in [-0.2, -0.15) is 0 Å². The van der Waals surface area contributed by atoms with Crippen LogP contribution < -0.4 is 5.32 Å². The summed E-state index contributed by atoms with van der Waals surface area (Å²) in [6.07, 6.45) is 3.05. The summed E-state index contributed by atoms with van der Waals surface area (Å²) in [6.45, 7) is 2.82. The maximum atomic E-state index is 12.8. The first-order valence-electron chi connectivity index (χ1n) is 10.8. The Morgan fingerprint density at radius 1 is 1.15 bits per heavy atom. The van der Waals surface area contributed by atoms with Crippen LogP contribution in [0.3, 0.4) is 0 Å². The smallest absolute Gasteiger partial charge is 0.328 e. The van der Waals surface area contributed by atoms with Gasteiger partial charge in [0.15, 0.2) is 0 Å². The number of carbonyl (C=O) groups is 2. The van der Waals surface area contributed by atoms with E-state index in [2.05, 4.69) is 5.32 Å². The Balaban J connectivity index is 1.68. The van der Waals surface area contributed by atoms with Crippen molar-refractivity contribution in [1.82, 2.24) is 9.62 Å². The lowest BCUT2D eigenvalue weighted by atomic mass is 9.89. The summed E-state index contributed by atoms with van der Waals surface area (Å²) in [5.74, 6) is -0.676. The summed E-state index contributed by atoms with van der Waals surface area (Å²) < 4.78 is 29.8. The fourth-order valence-electron chi connectivity index (χ4n) is 4.17. The molecule has 7 nitrogen and oxygen atoms in total. The number of halogens is 1. The molecule has 1 aliphatic heterocycles. The van der Waals surface area contributed by atoms with E-state index in [9.17, 15) is 18.0 Å². The molecule has 2 aromatic carbocycles. The second kappa shape index (κ2) is 10.7. The molecule has 3 rings (SSSR count). The monoisotopic (exact) mass is 492 g/mol. The molecule has 178 valence electrons. The molecule has 0 bridgehead atoms. The Bertz CT molecular complexity index is 1090. The van der Waals surface area contributed by atoms with E-state index in [1.165, 1.54) is 17.7 Å². The van der Waals surface area contributed by atoms with Crippen LogP contribution in [0, 0.1) is 6.92 Å². The zero-order valence-electron chi connectivity index (χ0n) is 19.0. The fourth-order valence-corrected chi connectivity index (χ4v) is 5.35. The number of methoxy groups -OCH3 is 1. The summed E-state index contributed by atoms with van der Waals surface area (Å²) in [5.41, 5.74) is 3.06. The van der Waals surface area contributed by atoms with Crippen LogP contribution in [0.2, 0.25) is 5.02 Å². The number of esters is 1. The number of nitrogens with one attached hydrogen (secondary N) is 1.